The molecule has 1 amide bonds. The van der Waals surface area contributed by atoms with Crippen LogP contribution in [0.5, 0.6) is 0 Å². The Morgan fingerprint density at radius 3 is 2.42 bits per heavy atom. The van der Waals surface area contributed by atoms with Crippen molar-refractivity contribution in [2.75, 3.05) is 18.0 Å². The molecule has 1 rings (SSSR count). The van der Waals surface area contributed by atoms with E-state index in [-0.39, 0.29) is 12.5 Å². The fraction of sp³-hybridized carbons (Fsp3) is 0.429. The molecule has 0 aromatic heterocycles. The number of anilines is 1. The normalized spacial score (nSPS) is 10.5. The van der Waals surface area contributed by atoms with Crippen LogP contribution in [0.1, 0.15) is 25.0 Å². The summed E-state index contributed by atoms with van der Waals surface area (Å²) >= 11 is 4.96. The van der Waals surface area contributed by atoms with Crippen LogP contribution in [0.4, 0.5) is 5.69 Å². The lowest BCUT2D eigenvalue weighted by molar-refractivity contribution is -0.116. The smallest absolute Gasteiger partial charge is 0.236 e. The minimum absolute atomic E-state index is 0.214. The Balaban J connectivity index is 3.07. The van der Waals surface area contributed by atoms with Crippen LogP contribution in [0.2, 0.25) is 0 Å². The van der Waals surface area contributed by atoms with Crippen LogP contribution in [0, 0.1) is 12.8 Å². The number of primary amides is 1. The summed E-state index contributed by atoms with van der Waals surface area (Å²) in [5, 5.41) is 0. The summed E-state index contributed by atoms with van der Waals surface area (Å²) in [6, 6.07) is 5.75. The molecular formula is C14H21N3OS. The minimum Gasteiger partial charge on any atom is -0.389 e. The second kappa shape index (κ2) is 6.52. The highest BCUT2D eigenvalue weighted by Gasteiger charge is 2.14. The molecule has 0 atom stereocenters. The Morgan fingerprint density at radius 1 is 1.37 bits per heavy atom. The van der Waals surface area contributed by atoms with Gasteiger partial charge in [-0.2, -0.15) is 0 Å². The van der Waals surface area contributed by atoms with Crippen molar-refractivity contribution in [1.29, 1.82) is 0 Å². The second-order valence-electron chi connectivity index (χ2n) is 5.11. The van der Waals surface area contributed by atoms with Gasteiger partial charge in [0, 0.05) is 17.8 Å². The van der Waals surface area contributed by atoms with Gasteiger partial charge in [-0.3, -0.25) is 4.79 Å². The van der Waals surface area contributed by atoms with Gasteiger partial charge < -0.3 is 16.4 Å². The number of carbonyl (C=O) groups excluding carboxylic acids is 1. The van der Waals surface area contributed by atoms with Crippen molar-refractivity contribution in [1.82, 2.24) is 0 Å². The van der Waals surface area contributed by atoms with E-state index < -0.39 is 0 Å². The van der Waals surface area contributed by atoms with Gasteiger partial charge in [0.05, 0.1) is 6.54 Å². The molecule has 0 heterocycles. The first kappa shape index (κ1) is 15.4. The summed E-state index contributed by atoms with van der Waals surface area (Å²) < 4.78 is 0. The van der Waals surface area contributed by atoms with Crippen LogP contribution in [0.15, 0.2) is 18.2 Å². The quantitative estimate of drug-likeness (QED) is 0.775. The summed E-state index contributed by atoms with van der Waals surface area (Å²) in [5.74, 6) is 0.104. The average molecular weight is 279 g/mol. The molecule has 0 saturated heterocycles. The monoisotopic (exact) mass is 279 g/mol. The molecule has 0 unspecified atom stereocenters. The van der Waals surface area contributed by atoms with Gasteiger partial charge in [-0.15, -0.1) is 0 Å². The fourth-order valence-electron chi connectivity index (χ4n) is 2.04. The Labute approximate surface area is 119 Å². The number of nitrogens with zero attached hydrogens (tertiary/aromatic N) is 1. The van der Waals surface area contributed by atoms with Gasteiger partial charge in [0.25, 0.3) is 0 Å². The molecular weight excluding hydrogens is 258 g/mol. The zero-order valence-electron chi connectivity index (χ0n) is 11.6. The molecule has 0 spiro atoms. The fourth-order valence-corrected chi connectivity index (χ4v) is 2.17. The summed E-state index contributed by atoms with van der Waals surface area (Å²) in [6.45, 7) is 7.17. The second-order valence-corrected chi connectivity index (χ2v) is 5.55. The maximum Gasteiger partial charge on any atom is 0.236 e. The predicted molar refractivity (Wildman–Crippen MR) is 83.3 cm³/mol. The molecule has 0 fully saturated rings. The first-order valence-corrected chi connectivity index (χ1v) is 6.65. The largest absolute Gasteiger partial charge is 0.389 e. The van der Waals surface area contributed by atoms with E-state index in [4.69, 9.17) is 23.7 Å². The van der Waals surface area contributed by atoms with Crippen molar-refractivity contribution in [2.45, 2.75) is 20.8 Å². The summed E-state index contributed by atoms with van der Waals surface area (Å²) in [6.07, 6.45) is 0. The highest BCUT2D eigenvalue weighted by molar-refractivity contribution is 7.80. The molecule has 4 N–H and O–H groups in total. The lowest BCUT2D eigenvalue weighted by Gasteiger charge is -2.27. The van der Waals surface area contributed by atoms with Crippen molar-refractivity contribution < 1.29 is 4.79 Å². The number of carbonyl (C=O) groups is 1. The molecule has 1 aromatic carbocycles. The zero-order valence-corrected chi connectivity index (χ0v) is 12.5. The molecule has 0 saturated carbocycles. The van der Waals surface area contributed by atoms with E-state index in [0.29, 0.717) is 10.9 Å². The maximum absolute atomic E-state index is 11.2. The predicted octanol–water partition coefficient (Wildman–Crippen LogP) is 1.58. The number of aryl methyl sites for hydroxylation is 1. The van der Waals surface area contributed by atoms with Crippen LogP contribution in [-0.4, -0.2) is 24.0 Å². The molecule has 0 aliphatic rings. The molecule has 19 heavy (non-hydrogen) atoms. The van der Waals surface area contributed by atoms with Crippen LogP contribution in [-0.2, 0) is 4.79 Å². The number of thiocarbonyl (C=S) groups is 1. The molecule has 0 radical (unpaired) electrons. The van der Waals surface area contributed by atoms with Gasteiger partial charge in [0.1, 0.15) is 4.99 Å². The maximum atomic E-state index is 11.2. The van der Waals surface area contributed by atoms with E-state index >= 15 is 0 Å². The Bertz CT molecular complexity index is 486. The number of rotatable bonds is 6. The third kappa shape index (κ3) is 4.52. The molecule has 0 aliphatic heterocycles. The minimum atomic E-state index is -0.335. The molecule has 5 heteroatoms. The van der Waals surface area contributed by atoms with E-state index in [1.165, 1.54) is 0 Å². The Hall–Kier alpha value is -1.62. The van der Waals surface area contributed by atoms with Crippen LogP contribution in [0.25, 0.3) is 0 Å². The highest BCUT2D eigenvalue weighted by Crippen LogP contribution is 2.22. The Kier molecular flexibility index (Phi) is 5.30. The van der Waals surface area contributed by atoms with E-state index in [9.17, 15) is 4.79 Å². The van der Waals surface area contributed by atoms with Crippen molar-refractivity contribution in [3.63, 3.8) is 0 Å². The lowest BCUT2D eigenvalue weighted by atomic mass is 10.1. The van der Waals surface area contributed by atoms with Gasteiger partial charge in [0.2, 0.25) is 5.91 Å². The van der Waals surface area contributed by atoms with Crippen molar-refractivity contribution in [3.05, 3.63) is 29.3 Å². The average Bonchev–Trinajstić information content (AvgIpc) is 2.26. The number of hydrogen-bond donors (Lipinski definition) is 2. The van der Waals surface area contributed by atoms with Gasteiger partial charge in [-0.25, -0.2) is 0 Å². The van der Waals surface area contributed by atoms with Crippen LogP contribution >= 0.6 is 12.2 Å². The SMILES string of the molecule is Cc1cc(C(N)=S)ccc1N(CC(N)=O)CC(C)C. The molecule has 4 nitrogen and oxygen atoms in total. The van der Waals surface area contributed by atoms with Gasteiger partial charge in [0.15, 0.2) is 0 Å². The van der Waals surface area contributed by atoms with Crippen molar-refractivity contribution in [2.24, 2.45) is 17.4 Å². The van der Waals surface area contributed by atoms with Gasteiger partial charge in [-0.05, 0) is 36.6 Å². The van der Waals surface area contributed by atoms with E-state index in [1.54, 1.807) is 0 Å². The highest BCUT2D eigenvalue weighted by atomic mass is 32.1. The number of benzene rings is 1. The number of hydrogen-bond acceptors (Lipinski definition) is 3. The molecule has 104 valence electrons. The van der Waals surface area contributed by atoms with Gasteiger partial charge >= 0.3 is 0 Å². The summed E-state index contributed by atoms with van der Waals surface area (Å²) in [5.41, 5.74) is 13.8. The summed E-state index contributed by atoms with van der Waals surface area (Å²) in [4.78, 5) is 13.6. The molecule has 0 aliphatic carbocycles. The van der Waals surface area contributed by atoms with E-state index in [0.717, 1.165) is 23.4 Å². The zero-order chi connectivity index (χ0) is 14.6. The number of amides is 1. The van der Waals surface area contributed by atoms with Crippen molar-refractivity contribution in [3.8, 4) is 0 Å². The van der Waals surface area contributed by atoms with Crippen molar-refractivity contribution >= 4 is 28.8 Å². The van der Waals surface area contributed by atoms with Crippen LogP contribution < -0.4 is 16.4 Å². The third-order valence-electron chi connectivity index (χ3n) is 2.75. The lowest BCUT2D eigenvalue weighted by Crippen LogP contribution is -2.36. The Morgan fingerprint density at radius 2 is 2.00 bits per heavy atom. The standard InChI is InChI=1S/C14H21N3OS/c1-9(2)7-17(8-13(15)18)12-5-4-11(14(16)19)6-10(12)3/h4-6,9H,7-8H2,1-3H3,(H2,15,18)(H2,16,19). The molecule has 0 bridgehead atoms. The van der Waals surface area contributed by atoms with Crippen LogP contribution in [0.3, 0.4) is 0 Å². The van der Waals surface area contributed by atoms with E-state index in [1.807, 2.05) is 30.0 Å². The molecule has 1 aromatic rings. The first-order chi connectivity index (χ1) is 8.81. The van der Waals surface area contributed by atoms with Gasteiger partial charge in [-0.1, -0.05) is 26.1 Å². The number of nitrogens with two attached hydrogens (primary N) is 2. The third-order valence-corrected chi connectivity index (χ3v) is 2.99. The first-order valence-electron chi connectivity index (χ1n) is 6.25. The van der Waals surface area contributed by atoms with E-state index in [2.05, 4.69) is 13.8 Å². The summed E-state index contributed by atoms with van der Waals surface area (Å²) in [7, 11) is 0. The topological polar surface area (TPSA) is 72.3 Å².